The number of esters is 1. The van der Waals surface area contributed by atoms with Gasteiger partial charge in [-0.1, -0.05) is 12.1 Å². The van der Waals surface area contributed by atoms with Crippen LogP contribution in [-0.2, 0) is 9.53 Å². The van der Waals surface area contributed by atoms with Crippen LogP contribution in [-0.4, -0.2) is 48.1 Å². The van der Waals surface area contributed by atoms with Crippen LogP contribution in [0.3, 0.4) is 0 Å². The summed E-state index contributed by atoms with van der Waals surface area (Å²) in [5.74, 6) is 0.0977. The average Bonchev–Trinajstić information content (AvgIpc) is 3.21. The number of hydrogen-bond acceptors (Lipinski definition) is 7. The number of aromatic nitrogens is 2. The van der Waals surface area contributed by atoms with E-state index in [1.54, 1.807) is 37.3 Å². The van der Waals surface area contributed by atoms with E-state index < -0.39 is 11.9 Å². The summed E-state index contributed by atoms with van der Waals surface area (Å²) in [7, 11) is 0. The smallest absolute Gasteiger partial charge is 0.340 e. The van der Waals surface area contributed by atoms with Crippen molar-refractivity contribution < 1.29 is 19.1 Å². The summed E-state index contributed by atoms with van der Waals surface area (Å²) in [6.07, 6.45) is 2.24. The van der Waals surface area contributed by atoms with E-state index in [0.717, 1.165) is 31.6 Å². The zero-order chi connectivity index (χ0) is 19.9. The van der Waals surface area contributed by atoms with Gasteiger partial charge in [0.05, 0.1) is 17.9 Å². The molecule has 1 amide bonds. The number of ether oxygens (including phenoxy) is 2. The fourth-order valence-corrected chi connectivity index (χ4v) is 2.96. The van der Waals surface area contributed by atoms with Gasteiger partial charge in [-0.3, -0.25) is 4.79 Å². The lowest BCUT2D eigenvalue weighted by Gasteiger charge is -2.16. The lowest BCUT2D eigenvalue weighted by molar-refractivity contribution is -0.118. The van der Waals surface area contributed by atoms with Crippen LogP contribution in [0.5, 0.6) is 5.88 Å². The molecule has 0 spiro atoms. The molecule has 28 heavy (non-hydrogen) atoms. The summed E-state index contributed by atoms with van der Waals surface area (Å²) in [6, 6.07) is 8.38. The second-order valence-corrected chi connectivity index (χ2v) is 6.44. The molecule has 148 valence electrons. The van der Waals surface area contributed by atoms with E-state index in [2.05, 4.69) is 20.2 Å². The first-order valence-electron chi connectivity index (χ1n) is 9.36. The van der Waals surface area contributed by atoms with E-state index in [4.69, 9.17) is 9.47 Å². The highest BCUT2D eigenvalue weighted by Crippen LogP contribution is 2.20. The minimum Gasteiger partial charge on any atom is -0.467 e. The van der Waals surface area contributed by atoms with Crippen LogP contribution >= 0.6 is 0 Å². The minimum absolute atomic E-state index is 0.229. The first-order chi connectivity index (χ1) is 13.6. The van der Waals surface area contributed by atoms with Crippen LogP contribution in [0, 0.1) is 6.92 Å². The van der Waals surface area contributed by atoms with Gasteiger partial charge in [-0.15, -0.1) is 0 Å². The predicted molar refractivity (Wildman–Crippen MR) is 105 cm³/mol. The summed E-state index contributed by atoms with van der Waals surface area (Å²) in [6.45, 7) is 5.47. The Hall–Kier alpha value is -3.16. The summed E-state index contributed by atoms with van der Waals surface area (Å²) in [5, 5.41) is 2.69. The van der Waals surface area contributed by atoms with Gasteiger partial charge in [-0.05, 0) is 38.8 Å². The maximum Gasteiger partial charge on any atom is 0.340 e. The summed E-state index contributed by atoms with van der Waals surface area (Å²) >= 11 is 0. The number of aryl methyl sites for hydroxylation is 1. The van der Waals surface area contributed by atoms with Gasteiger partial charge in [0.15, 0.2) is 6.61 Å². The van der Waals surface area contributed by atoms with E-state index in [1.807, 2.05) is 6.92 Å². The van der Waals surface area contributed by atoms with Gasteiger partial charge < -0.3 is 19.7 Å². The van der Waals surface area contributed by atoms with Gasteiger partial charge in [0, 0.05) is 24.8 Å². The molecule has 0 bridgehead atoms. The normalized spacial score (nSPS) is 13.3. The third-order valence-corrected chi connectivity index (χ3v) is 4.26. The Morgan fingerprint density at radius 2 is 1.93 bits per heavy atom. The molecule has 1 aromatic carbocycles. The van der Waals surface area contributed by atoms with Crippen LogP contribution in [0.1, 0.15) is 35.8 Å². The highest BCUT2D eigenvalue weighted by Gasteiger charge is 2.17. The number of anilines is 2. The van der Waals surface area contributed by atoms with Gasteiger partial charge in [0.2, 0.25) is 11.8 Å². The number of nitrogens with one attached hydrogen (secondary N) is 1. The van der Waals surface area contributed by atoms with E-state index in [-0.39, 0.29) is 13.2 Å². The number of nitrogens with zero attached hydrogens (tertiary/aromatic N) is 3. The van der Waals surface area contributed by atoms with Gasteiger partial charge in [-0.25, -0.2) is 9.78 Å². The Morgan fingerprint density at radius 1 is 1.18 bits per heavy atom. The Bertz CT molecular complexity index is 850. The quantitative estimate of drug-likeness (QED) is 0.733. The molecule has 0 saturated carbocycles. The first kappa shape index (κ1) is 19.6. The third kappa shape index (κ3) is 4.97. The van der Waals surface area contributed by atoms with Crippen molar-refractivity contribution in [3.8, 4) is 5.88 Å². The molecule has 1 N–H and O–H groups in total. The van der Waals surface area contributed by atoms with Crippen LogP contribution in [0.2, 0.25) is 0 Å². The van der Waals surface area contributed by atoms with E-state index in [9.17, 15) is 9.59 Å². The molecule has 1 saturated heterocycles. The molecule has 0 atom stereocenters. The molecule has 8 heteroatoms. The van der Waals surface area contributed by atoms with Crippen molar-refractivity contribution in [2.45, 2.75) is 26.7 Å². The van der Waals surface area contributed by atoms with Gasteiger partial charge in [0.25, 0.3) is 5.91 Å². The molecule has 1 aliphatic heterocycles. The monoisotopic (exact) mass is 384 g/mol. The maximum atomic E-state index is 12.3. The second kappa shape index (κ2) is 9.16. The maximum absolute atomic E-state index is 12.3. The number of rotatable bonds is 7. The fourth-order valence-electron chi connectivity index (χ4n) is 2.96. The predicted octanol–water partition coefficient (Wildman–Crippen LogP) is 2.58. The van der Waals surface area contributed by atoms with Crippen molar-refractivity contribution in [1.82, 2.24) is 9.97 Å². The van der Waals surface area contributed by atoms with Crippen molar-refractivity contribution in [2.24, 2.45) is 0 Å². The lowest BCUT2D eigenvalue weighted by atomic mass is 10.2. The zero-order valence-electron chi connectivity index (χ0n) is 16.1. The number of amides is 1. The Kier molecular flexibility index (Phi) is 6.41. The third-order valence-electron chi connectivity index (χ3n) is 4.26. The molecule has 8 nitrogen and oxygen atoms in total. The molecule has 2 heterocycles. The average molecular weight is 384 g/mol. The summed E-state index contributed by atoms with van der Waals surface area (Å²) in [4.78, 5) is 35.3. The number of hydrogen-bond donors (Lipinski definition) is 1. The van der Waals surface area contributed by atoms with Crippen molar-refractivity contribution in [3.05, 3.63) is 41.6 Å². The number of carbonyl (C=O) groups excluding carboxylic acids is 2. The molecule has 3 rings (SSSR count). The standard InChI is InChI=1S/C20H24N4O4/c1-3-27-19(26)15-8-4-5-9-16(15)22-17(25)13-28-18-12-14(2)21-20(23-18)24-10-6-7-11-24/h4-5,8-9,12H,3,6-7,10-11,13H2,1-2H3,(H,22,25). The van der Waals surface area contributed by atoms with Crippen molar-refractivity contribution in [2.75, 3.05) is 36.5 Å². The highest BCUT2D eigenvalue weighted by molar-refractivity contribution is 6.01. The van der Waals surface area contributed by atoms with Gasteiger partial charge in [-0.2, -0.15) is 4.98 Å². The molecule has 1 aliphatic rings. The summed E-state index contributed by atoms with van der Waals surface area (Å²) in [5.41, 5.74) is 1.46. The van der Waals surface area contributed by atoms with Crippen molar-refractivity contribution in [3.63, 3.8) is 0 Å². The summed E-state index contributed by atoms with van der Waals surface area (Å²) < 4.78 is 10.6. The molecule has 0 aliphatic carbocycles. The van der Waals surface area contributed by atoms with E-state index in [0.29, 0.717) is 23.1 Å². The Morgan fingerprint density at radius 3 is 2.68 bits per heavy atom. The molecular weight excluding hydrogens is 360 g/mol. The van der Waals surface area contributed by atoms with Crippen LogP contribution in [0.25, 0.3) is 0 Å². The lowest BCUT2D eigenvalue weighted by Crippen LogP contribution is -2.23. The molecular formula is C20H24N4O4. The molecule has 0 unspecified atom stereocenters. The van der Waals surface area contributed by atoms with Crippen LogP contribution in [0.4, 0.5) is 11.6 Å². The second-order valence-electron chi connectivity index (χ2n) is 6.44. The van der Waals surface area contributed by atoms with Crippen LogP contribution in [0.15, 0.2) is 30.3 Å². The Labute approximate surface area is 163 Å². The molecule has 0 radical (unpaired) electrons. The van der Waals surface area contributed by atoms with Crippen LogP contribution < -0.4 is 15.0 Å². The molecule has 1 aromatic heterocycles. The van der Waals surface area contributed by atoms with Gasteiger partial charge in [0.1, 0.15) is 0 Å². The van der Waals surface area contributed by atoms with Crippen molar-refractivity contribution in [1.29, 1.82) is 0 Å². The molecule has 1 fully saturated rings. The fraction of sp³-hybridized carbons (Fsp3) is 0.400. The SMILES string of the molecule is CCOC(=O)c1ccccc1NC(=O)COc1cc(C)nc(N2CCCC2)n1. The molecule has 2 aromatic rings. The topological polar surface area (TPSA) is 93.6 Å². The first-order valence-corrected chi connectivity index (χ1v) is 9.36. The Balaban J connectivity index is 1.63. The van der Waals surface area contributed by atoms with E-state index in [1.165, 1.54) is 0 Å². The number of para-hydroxylation sites is 1. The minimum atomic E-state index is -0.485. The van der Waals surface area contributed by atoms with Crippen molar-refractivity contribution >= 4 is 23.5 Å². The van der Waals surface area contributed by atoms with E-state index >= 15 is 0 Å². The number of benzene rings is 1. The number of carbonyl (C=O) groups is 2. The largest absolute Gasteiger partial charge is 0.467 e. The highest BCUT2D eigenvalue weighted by atomic mass is 16.5. The zero-order valence-corrected chi connectivity index (χ0v) is 16.1. The van der Waals surface area contributed by atoms with Gasteiger partial charge >= 0.3 is 5.97 Å².